The van der Waals surface area contributed by atoms with Crippen LogP contribution in [0.4, 0.5) is 0 Å². The molecule has 1 amide bonds. The highest BCUT2D eigenvalue weighted by molar-refractivity contribution is 7.17. The number of thiophene rings is 1. The summed E-state index contributed by atoms with van der Waals surface area (Å²) in [6.45, 7) is 4.13. The third-order valence-corrected chi connectivity index (χ3v) is 6.60. The molecule has 4 rings (SSSR count). The summed E-state index contributed by atoms with van der Waals surface area (Å²) in [5, 5.41) is 0. The molecule has 4 nitrogen and oxygen atoms in total. The van der Waals surface area contributed by atoms with Gasteiger partial charge in [0.15, 0.2) is 0 Å². The van der Waals surface area contributed by atoms with E-state index in [9.17, 15) is 4.79 Å². The molecule has 3 atom stereocenters. The summed E-state index contributed by atoms with van der Waals surface area (Å²) < 4.78 is 5.77. The van der Waals surface area contributed by atoms with Crippen LogP contribution in [-0.4, -0.2) is 36.5 Å². The van der Waals surface area contributed by atoms with Crippen LogP contribution in [0.1, 0.15) is 29.4 Å². The summed E-state index contributed by atoms with van der Waals surface area (Å²) in [5.74, 6) is 1.84. The standard InChI is InChI=1S/C20H24N2O2S.ClH/c1-2-24-17-10-18(13-6-4-3-5-7-13)25-19(17)20(23)22-11-14-8-9-16(21)15(14)12-22;/h3-7,10,14-16H,2,8-9,11-12,21H2,1H3;1H. The van der Waals surface area contributed by atoms with Crippen molar-refractivity contribution in [3.8, 4) is 16.2 Å². The minimum Gasteiger partial charge on any atom is -0.492 e. The molecule has 2 aliphatic rings. The van der Waals surface area contributed by atoms with Gasteiger partial charge >= 0.3 is 0 Å². The van der Waals surface area contributed by atoms with Crippen molar-refractivity contribution in [2.45, 2.75) is 25.8 Å². The number of rotatable bonds is 4. The smallest absolute Gasteiger partial charge is 0.267 e. The highest BCUT2D eigenvalue weighted by atomic mass is 35.5. The Morgan fingerprint density at radius 2 is 2.04 bits per heavy atom. The zero-order valence-electron chi connectivity index (χ0n) is 14.9. The fraction of sp³-hybridized carbons (Fsp3) is 0.450. The van der Waals surface area contributed by atoms with Crippen LogP contribution in [0.15, 0.2) is 36.4 Å². The van der Waals surface area contributed by atoms with E-state index >= 15 is 0 Å². The molecular formula is C20H25ClN2O2S. The van der Waals surface area contributed by atoms with Crippen molar-refractivity contribution in [2.75, 3.05) is 19.7 Å². The lowest BCUT2D eigenvalue weighted by molar-refractivity contribution is 0.0780. The number of carbonyl (C=O) groups excluding carboxylic acids is 1. The van der Waals surface area contributed by atoms with Gasteiger partial charge in [-0.15, -0.1) is 23.7 Å². The van der Waals surface area contributed by atoms with Crippen LogP contribution in [0.25, 0.3) is 10.4 Å². The van der Waals surface area contributed by atoms with Gasteiger partial charge in [-0.3, -0.25) is 4.79 Å². The van der Waals surface area contributed by atoms with Crippen LogP contribution >= 0.6 is 23.7 Å². The Balaban J connectivity index is 0.00000196. The van der Waals surface area contributed by atoms with Crippen molar-refractivity contribution in [1.82, 2.24) is 4.90 Å². The average molecular weight is 393 g/mol. The van der Waals surface area contributed by atoms with Crippen LogP contribution in [-0.2, 0) is 0 Å². The van der Waals surface area contributed by atoms with Crippen LogP contribution in [0, 0.1) is 11.8 Å². The molecule has 3 unspecified atom stereocenters. The van der Waals surface area contributed by atoms with Crippen molar-refractivity contribution < 1.29 is 9.53 Å². The van der Waals surface area contributed by atoms with E-state index < -0.39 is 0 Å². The van der Waals surface area contributed by atoms with Crippen LogP contribution < -0.4 is 10.5 Å². The van der Waals surface area contributed by atoms with E-state index in [1.165, 1.54) is 11.3 Å². The Morgan fingerprint density at radius 1 is 1.27 bits per heavy atom. The largest absolute Gasteiger partial charge is 0.492 e. The fourth-order valence-corrected chi connectivity index (χ4v) is 5.22. The number of amides is 1. The summed E-state index contributed by atoms with van der Waals surface area (Å²) in [4.78, 5) is 16.9. The van der Waals surface area contributed by atoms with E-state index in [0.717, 1.165) is 36.4 Å². The summed E-state index contributed by atoms with van der Waals surface area (Å²) in [6, 6.07) is 12.4. The first-order chi connectivity index (χ1) is 12.2. The maximum atomic E-state index is 13.1. The third kappa shape index (κ3) is 3.48. The van der Waals surface area contributed by atoms with Crippen molar-refractivity contribution in [2.24, 2.45) is 17.6 Å². The number of carbonyl (C=O) groups is 1. The second-order valence-electron chi connectivity index (χ2n) is 6.98. The van der Waals surface area contributed by atoms with Crippen LogP contribution in [0.5, 0.6) is 5.75 Å². The number of benzene rings is 1. The molecule has 2 heterocycles. The average Bonchev–Trinajstić information content (AvgIpc) is 3.32. The Bertz CT molecular complexity index is 764. The molecule has 0 radical (unpaired) electrons. The molecule has 1 aromatic carbocycles. The molecule has 1 saturated carbocycles. The van der Waals surface area contributed by atoms with Gasteiger partial charge in [0.05, 0.1) is 6.61 Å². The van der Waals surface area contributed by atoms with Gasteiger partial charge in [0, 0.05) is 24.0 Å². The predicted molar refractivity (Wildman–Crippen MR) is 108 cm³/mol. The Kier molecular flexibility index (Phi) is 5.90. The van der Waals surface area contributed by atoms with Gasteiger partial charge in [0.1, 0.15) is 10.6 Å². The van der Waals surface area contributed by atoms with E-state index in [1.807, 2.05) is 36.1 Å². The molecular weight excluding hydrogens is 368 g/mol. The third-order valence-electron chi connectivity index (χ3n) is 5.45. The normalized spacial score (nSPS) is 24.2. The summed E-state index contributed by atoms with van der Waals surface area (Å²) in [6.07, 6.45) is 2.24. The minimum absolute atomic E-state index is 0. The highest BCUT2D eigenvalue weighted by Gasteiger charge is 2.43. The molecule has 1 aromatic heterocycles. The first-order valence-corrected chi connectivity index (χ1v) is 9.86. The maximum Gasteiger partial charge on any atom is 0.267 e. The predicted octanol–water partition coefficient (Wildman–Crippen LogP) is 4.04. The van der Waals surface area contributed by atoms with E-state index in [-0.39, 0.29) is 24.4 Å². The Morgan fingerprint density at radius 3 is 2.73 bits per heavy atom. The molecule has 140 valence electrons. The molecule has 2 fully saturated rings. The second-order valence-corrected chi connectivity index (χ2v) is 8.03. The zero-order chi connectivity index (χ0) is 17.4. The second kappa shape index (κ2) is 7.99. The van der Waals surface area contributed by atoms with E-state index in [0.29, 0.717) is 29.1 Å². The SMILES string of the molecule is CCOc1cc(-c2ccccc2)sc1C(=O)N1CC2CCC(N)C2C1.Cl. The minimum atomic E-state index is 0. The quantitative estimate of drug-likeness (QED) is 0.854. The first kappa shape index (κ1) is 19.2. The molecule has 2 aromatic rings. The highest BCUT2D eigenvalue weighted by Crippen LogP contribution is 2.41. The molecule has 26 heavy (non-hydrogen) atoms. The van der Waals surface area contributed by atoms with E-state index in [1.54, 1.807) is 0 Å². The molecule has 6 heteroatoms. The number of hydrogen-bond donors (Lipinski definition) is 1. The first-order valence-electron chi connectivity index (χ1n) is 9.04. The lowest BCUT2D eigenvalue weighted by Gasteiger charge is -2.18. The summed E-state index contributed by atoms with van der Waals surface area (Å²) in [5.41, 5.74) is 7.34. The topological polar surface area (TPSA) is 55.6 Å². The lowest BCUT2D eigenvalue weighted by atomic mass is 9.98. The van der Waals surface area contributed by atoms with Crippen molar-refractivity contribution >= 4 is 29.7 Å². The summed E-state index contributed by atoms with van der Waals surface area (Å²) >= 11 is 1.53. The van der Waals surface area contributed by atoms with E-state index in [4.69, 9.17) is 10.5 Å². The monoisotopic (exact) mass is 392 g/mol. The zero-order valence-corrected chi connectivity index (χ0v) is 16.5. The number of likely N-dealkylation sites (tertiary alicyclic amines) is 1. The van der Waals surface area contributed by atoms with E-state index in [2.05, 4.69) is 12.1 Å². The van der Waals surface area contributed by atoms with Gasteiger partial charge in [-0.25, -0.2) is 0 Å². The molecule has 1 aliphatic carbocycles. The Labute approximate surface area is 164 Å². The number of ether oxygens (including phenoxy) is 1. The van der Waals surface area contributed by atoms with Crippen molar-refractivity contribution in [3.05, 3.63) is 41.3 Å². The fourth-order valence-electron chi connectivity index (χ4n) is 4.15. The number of nitrogens with zero attached hydrogens (tertiary/aromatic N) is 1. The van der Waals surface area contributed by atoms with Gasteiger partial charge in [-0.05, 0) is 43.2 Å². The molecule has 1 saturated heterocycles. The lowest BCUT2D eigenvalue weighted by Crippen LogP contribution is -2.33. The van der Waals surface area contributed by atoms with Gasteiger partial charge in [-0.2, -0.15) is 0 Å². The van der Waals surface area contributed by atoms with Gasteiger partial charge in [0.25, 0.3) is 5.91 Å². The number of hydrogen-bond acceptors (Lipinski definition) is 4. The number of nitrogens with two attached hydrogens (primary N) is 1. The van der Waals surface area contributed by atoms with Gasteiger partial charge < -0.3 is 15.4 Å². The van der Waals surface area contributed by atoms with Gasteiger partial charge in [0.2, 0.25) is 0 Å². The number of halogens is 1. The van der Waals surface area contributed by atoms with Crippen molar-refractivity contribution in [3.63, 3.8) is 0 Å². The molecule has 1 aliphatic heterocycles. The molecule has 0 spiro atoms. The molecule has 0 bridgehead atoms. The van der Waals surface area contributed by atoms with Crippen molar-refractivity contribution in [1.29, 1.82) is 0 Å². The molecule has 2 N–H and O–H groups in total. The maximum absolute atomic E-state index is 13.1. The van der Waals surface area contributed by atoms with Gasteiger partial charge in [-0.1, -0.05) is 30.3 Å². The van der Waals surface area contributed by atoms with Crippen LogP contribution in [0.3, 0.4) is 0 Å². The number of fused-ring (bicyclic) bond motifs is 1. The summed E-state index contributed by atoms with van der Waals surface area (Å²) in [7, 11) is 0. The van der Waals surface area contributed by atoms with Crippen LogP contribution in [0.2, 0.25) is 0 Å². The Hall–Kier alpha value is -1.56.